The Morgan fingerprint density at radius 2 is 2.13 bits per heavy atom. The van der Waals surface area contributed by atoms with E-state index in [-0.39, 0.29) is 6.61 Å². The van der Waals surface area contributed by atoms with Crippen LogP contribution in [0.15, 0.2) is 12.7 Å². The molecule has 0 aromatic carbocycles. The fourth-order valence-corrected chi connectivity index (χ4v) is 2.00. The number of esters is 1. The van der Waals surface area contributed by atoms with Gasteiger partial charge in [-0.05, 0) is 6.42 Å². The maximum Gasteiger partial charge on any atom is 0.330 e. The van der Waals surface area contributed by atoms with E-state index in [9.17, 15) is 13.2 Å². The number of rotatable bonds is 7. The monoisotopic (exact) mass is 234 g/mol. The highest BCUT2D eigenvalue weighted by molar-refractivity contribution is 7.91. The van der Waals surface area contributed by atoms with Crippen LogP contribution in [0.3, 0.4) is 0 Å². The smallest absolute Gasteiger partial charge is 0.330 e. The summed E-state index contributed by atoms with van der Waals surface area (Å²) >= 11 is 0. The first-order chi connectivity index (χ1) is 6.91. The number of unbranched alkanes of at least 4 members (excludes halogenated alkanes) is 1. The van der Waals surface area contributed by atoms with Crippen LogP contribution in [0.5, 0.6) is 0 Å². The van der Waals surface area contributed by atoms with E-state index in [1.54, 1.807) is 0 Å². The molecule has 1 atom stereocenters. The van der Waals surface area contributed by atoms with Gasteiger partial charge in [0.1, 0.15) is 6.61 Å². The molecule has 0 saturated carbocycles. The second-order valence-electron chi connectivity index (χ2n) is 3.43. The minimum atomic E-state index is -3.15. The van der Waals surface area contributed by atoms with Gasteiger partial charge in [-0.2, -0.15) is 0 Å². The first-order valence-electron chi connectivity index (χ1n) is 4.89. The number of carbonyl (C=O) groups excluding carboxylic acids is 1. The van der Waals surface area contributed by atoms with E-state index >= 15 is 0 Å². The molecule has 0 saturated heterocycles. The lowest BCUT2D eigenvalue weighted by Crippen LogP contribution is -2.26. The third kappa shape index (κ3) is 6.28. The normalized spacial score (nSPS) is 13.2. The number of carbonyl (C=O) groups is 1. The van der Waals surface area contributed by atoms with E-state index in [4.69, 9.17) is 4.74 Å². The van der Waals surface area contributed by atoms with Crippen LogP contribution >= 0.6 is 0 Å². The average molecular weight is 234 g/mol. The predicted octanol–water partition coefficient (Wildman–Crippen LogP) is 1.32. The van der Waals surface area contributed by atoms with Gasteiger partial charge in [0.15, 0.2) is 9.84 Å². The van der Waals surface area contributed by atoms with Gasteiger partial charge in [0.05, 0.1) is 5.25 Å². The van der Waals surface area contributed by atoms with E-state index in [1.807, 2.05) is 6.92 Å². The van der Waals surface area contributed by atoms with Gasteiger partial charge in [0.2, 0.25) is 0 Å². The summed E-state index contributed by atoms with van der Waals surface area (Å²) < 4.78 is 27.4. The highest BCUT2D eigenvalue weighted by Crippen LogP contribution is 2.10. The first-order valence-corrected chi connectivity index (χ1v) is 6.85. The molecule has 0 aliphatic heterocycles. The van der Waals surface area contributed by atoms with Crippen molar-refractivity contribution in [2.75, 3.05) is 12.9 Å². The lowest BCUT2D eigenvalue weighted by molar-refractivity contribution is -0.137. The number of ether oxygens (including phenoxy) is 1. The third-order valence-electron chi connectivity index (χ3n) is 2.06. The SMILES string of the molecule is C=CC(=O)OCC(CCCC)S(C)(=O)=O. The van der Waals surface area contributed by atoms with Crippen molar-refractivity contribution in [3.8, 4) is 0 Å². The minimum absolute atomic E-state index is 0.0797. The molecule has 0 bridgehead atoms. The second-order valence-corrected chi connectivity index (χ2v) is 5.75. The van der Waals surface area contributed by atoms with Crippen LogP contribution in [0.1, 0.15) is 26.2 Å². The van der Waals surface area contributed by atoms with Gasteiger partial charge in [-0.1, -0.05) is 26.3 Å². The topological polar surface area (TPSA) is 60.4 Å². The zero-order chi connectivity index (χ0) is 11.9. The molecular formula is C10H18O4S. The van der Waals surface area contributed by atoms with Crippen LogP contribution in [-0.2, 0) is 19.4 Å². The van der Waals surface area contributed by atoms with Crippen molar-refractivity contribution in [1.82, 2.24) is 0 Å². The fourth-order valence-electron chi connectivity index (χ4n) is 1.09. The summed E-state index contributed by atoms with van der Waals surface area (Å²) in [6.07, 6.45) is 4.44. The molecule has 0 N–H and O–H groups in total. The molecule has 0 aliphatic rings. The molecule has 0 heterocycles. The van der Waals surface area contributed by atoms with Crippen LogP contribution in [0.4, 0.5) is 0 Å². The van der Waals surface area contributed by atoms with Crippen LogP contribution < -0.4 is 0 Å². The maximum atomic E-state index is 11.3. The van der Waals surface area contributed by atoms with Crippen molar-refractivity contribution in [1.29, 1.82) is 0 Å². The van der Waals surface area contributed by atoms with Crippen molar-refractivity contribution >= 4 is 15.8 Å². The molecule has 4 nitrogen and oxygen atoms in total. The Hall–Kier alpha value is -0.840. The molecule has 0 amide bonds. The molecule has 0 fully saturated rings. The van der Waals surface area contributed by atoms with Crippen LogP contribution in [0.25, 0.3) is 0 Å². The quantitative estimate of drug-likeness (QED) is 0.492. The molecule has 0 radical (unpaired) electrons. The zero-order valence-electron chi connectivity index (χ0n) is 9.23. The summed E-state index contributed by atoms with van der Waals surface area (Å²) in [5, 5.41) is -0.596. The molecule has 0 aromatic rings. The number of sulfone groups is 1. The van der Waals surface area contributed by atoms with Crippen molar-refractivity contribution < 1.29 is 17.9 Å². The van der Waals surface area contributed by atoms with Gasteiger partial charge in [-0.15, -0.1) is 0 Å². The molecule has 0 aliphatic carbocycles. The van der Waals surface area contributed by atoms with Crippen molar-refractivity contribution in [2.45, 2.75) is 31.4 Å². The standard InChI is InChI=1S/C10H18O4S/c1-4-6-7-9(15(3,12)13)8-14-10(11)5-2/h5,9H,2,4,6-8H2,1,3H3. The van der Waals surface area contributed by atoms with Gasteiger partial charge in [-0.25, -0.2) is 13.2 Å². The second kappa shape index (κ2) is 6.61. The lowest BCUT2D eigenvalue weighted by Gasteiger charge is -2.13. The van der Waals surface area contributed by atoms with Crippen molar-refractivity contribution in [3.05, 3.63) is 12.7 Å². The Morgan fingerprint density at radius 3 is 2.53 bits per heavy atom. The summed E-state index contributed by atoms with van der Waals surface area (Å²) in [6.45, 7) is 5.14. The van der Waals surface area contributed by atoms with Gasteiger partial charge in [0, 0.05) is 12.3 Å². The Morgan fingerprint density at radius 1 is 1.53 bits per heavy atom. The largest absolute Gasteiger partial charge is 0.461 e. The molecular weight excluding hydrogens is 216 g/mol. The summed E-state index contributed by atoms with van der Waals surface area (Å²) in [6, 6.07) is 0. The van der Waals surface area contributed by atoms with Crippen LogP contribution in [0.2, 0.25) is 0 Å². The minimum Gasteiger partial charge on any atom is -0.461 e. The number of hydrogen-bond donors (Lipinski definition) is 0. The van der Waals surface area contributed by atoms with Gasteiger partial charge in [0.25, 0.3) is 0 Å². The van der Waals surface area contributed by atoms with Crippen molar-refractivity contribution in [2.24, 2.45) is 0 Å². The molecule has 15 heavy (non-hydrogen) atoms. The van der Waals surface area contributed by atoms with Crippen LogP contribution in [-0.4, -0.2) is 32.5 Å². The molecule has 0 rings (SSSR count). The highest BCUT2D eigenvalue weighted by atomic mass is 32.2. The molecule has 88 valence electrons. The summed E-state index contributed by atoms with van der Waals surface area (Å²) in [7, 11) is -3.15. The van der Waals surface area contributed by atoms with Gasteiger partial charge in [-0.3, -0.25) is 0 Å². The Labute approximate surface area is 91.2 Å². The fraction of sp³-hybridized carbons (Fsp3) is 0.700. The Balaban J connectivity index is 4.26. The lowest BCUT2D eigenvalue weighted by atomic mass is 10.2. The summed E-state index contributed by atoms with van der Waals surface area (Å²) in [4.78, 5) is 10.8. The third-order valence-corrected chi connectivity index (χ3v) is 3.65. The first kappa shape index (κ1) is 14.2. The van der Waals surface area contributed by atoms with E-state index in [0.717, 1.165) is 25.2 Å². The molecule has 0 aromatic heterocycles. The predicted molar refractivity (Wildman–Crippen MR) is 59.3 cm³/mol. The zero-order valence-corrected chi connectivity index (χ0v) is 10.0. The van der Waals surface area contributed by atoms with E-state index in [0.29, 0.717) is 6.42 Å². The van der Waals surface area contributed by atoms with Gasteiger partial charge < -0.3 is 4.74 Å². The van der Waals surface area contributed by atoms with Crippen molar-refractivity contribution in [3.63, 3.8) is 0 Å². The highest BCUT2D eigenvalue weighted by Gasteiger charge is 2.21. The number of hydrogen-bond acceptors (Lipinski definition) is 4. The Bertz CT molecular complexity index is 305. The van der Waals surface area contributed by atoms with Gasteiger partial charge >= 0.3 is 5.97 Å². The average Bonchev–Trinajstić information content (AvgIpc) is 2.15. The molecule has 5 heteroatoms. The summed E-state index contributed by atoms with van der Waals surface area (Å²) in [5.74, 6) is -0.583. The van der Waals surface area contributed by atoms with E-state index < -0.39 is 21.1 Å². The molecule has 1 unspecified atom stereocenters. The van der Waals surface area contributed by atoms with E-state index in [1.165, 1.54) is 0 Å². The van der Waals surface area contributed by atoms with E-state index in [2.05, 4.69) is 6.58 Å². The Kier molecular flexibility index (Phi) is 6.24. The maximum absolute atomic E-state index is 11.3. The summed E-state index contributed by atoms with van der Waals surface area (Å²) in [5.41, 5.74) is 0. The molecule has 0 spiro atoms. The van der Waals surface area contributed by atoms with Crippen LogP contribution in [0, 0.1) is 0 Å².